The molecule has 1 aromatic carbocycles. The van der Waals surface area contributed by atoms with Gasteiger partial charge in [-0.05, 0) is 36.6 Å². The molecular formula is C22H30N2O2. The lowest BCUT2D eigenvalue weighted by Gasteiger charge is -2.21. The Kier molecular flexibility index (Phi) is 7.32. The Bertz CT molecular complexity index is 652. The van der Waals surface area contributed by atoms with Crippen LogP contribution in [0.15, 0.2) is 42.7 Å². The molecule has 1 heterocycles. The van der Waals surface area contributed by atoms with Crippen LogP contribution in [0.4, 0.5) is 0 Å². The average Bonchev–Trinajstić information content (AvgIpc) is 2.66. The van der Waals surface area contributed by atoms with Crippen molar-refractivity contribution in [3.8, 4) is 11.5 Å². The van der Waals surface area contributed by atoms with Gasteiger partial charge in [0.1, 0.15) is 6.61 Å². The standard InChI is InChI=1S/C22H30N2O2/c1-25-21-12-11-18(16-24-20-9-5-3-2-4-6-10-20)14-22(21)26-17-19-8-7-13-23-15-19/h7-8,11-15,20,24H,2-6,9-10,16-17H2,1H3. The molecule has 0 amide bonds. The van der Waals surface area contributed by atoms with E-state index >= 15 is 0 Å². The van der Waals surface area contributed by atoms with E-state index in [1.54, 1.807) is 13.3 Å². The first-order valence-corrected chi connectivity index (χ1v) is 9.77. The van der Waals surface area contributed by atoms with Gasteiger partial charge in [-0.3, -0.25) is 4.98 Å². The van der Waals surface area contributed by atoms with Gasteiger partial charge in [0, 0.05) is 30.5 Å². The number of rotatable bonds is 7. The van der Waals surface area contributed by atoms with Crippen LogP contribution in [0.5, 0.6) is 11.5 Å². The van der Waals surface area contributed by atoms with Crippen molar-refractivity contribution in [3.63, 3.8) is 0 Å². The Labute approximate surface area is 156 Å². The third-order valence-corrected chi connectivity index (χ3v) is 5.05. The number of nitrogens with one attached hydrogen (secondary N) is 1. The number of methoxy groups -OCH3 is 1. The van der Waals surface area contributed by atoms with E-state index in [9.17, 15) is 0 Å². The van der Waals surface area contributed by atoms with Crippen LogP contribution in [0.3, 0.4) is 0 Å². The normalized spacial score (nSPS) is 15.9. The first-order chi connectivity index (χ1) is 12.8. The second-order valence-electron chi connectivity index (χ2n) is 7.06. The van der Waals surface area contributed by atoms with Crippen LogP contribution in [0.2, 0.25) is 0 Å². The van der Waals surface area contributed by atoms with E-state index in [-0.39, 0.29) is 0 Å². The molecule has 2 aromatic rings. The van der Waals surface area contributed by atoms with Crippen LogP contribution in [-0.4, -0.2) is 18.1 Å². The van der Waals surface area contributed by atoms with Gasteiger partial charge >= 0.3 is 0 Å². The highest BCUT2D eigenvalue weighted by Crippen LogP contribution is 2.29. The van der Waals surface area contributed by atoms with Gasteiger partial charge in [-0.15, -0.1) is 0 Å². The average molecular weight is 354 g/mol. The summed E-state index contributed by atoms with van der Waals surface area (Å²) >= 11 is 0. The smallest absolute Gasteiger partial charge is 0.161 e. The Morgan fingerprint density at radius 3 is 2.54 bits per heavy atom. The first-order valence-electron chi connectivity index (χ1n) is 9.77. The third kappa shape index (κ3) is 5.73. The summed E-state index contributed by atoms with van der Waals surface area (Å²) in [4.78, 5) is 4.13. The molecule has 0 aliphatic heterocycles. The fourth-order valence-corrected chi connectivity index (χ4v) is 3.51. The summed E-state index contributed by atoms with van der Waals surface area (Å²) in [7, 11) is 1.68. The Morgan fingerprint density at radius 1 is 1.00 bits per heavy atom. The molecule has 4 heteroatoms. The van der Waals surface area contributed by atoms with Gasteiger partial charge in [0.05, 0.1) is 7.11 Å². The van der Waals surface area contributed by atoms with E-state index in [4.69, 9.17) is 9.47 Å². The zero-order chi connectivity index (χ0) is 18.0. The second kappa shape index (κ2) is 10.2. The number of nitrogens with zero attached hydrogens (tertiary/aromatic N) is 1. The number of ether oxygens (including phenoxy) is 2. The number of hydrogen-bond donors (Lipinski definition) is 1. The Morgan fingerprint density at radius 2 is 1.81 bits per heavy atom. The second-order valence-corrected chi connectivity index (χ2v) is 7.06. The molecule has 1 fully saturated rings. The molecule has 0 atom stereocenters. The van der Waals surface area contributed by atoms with Crippen molar-refractivity contribution in [1.29, 1.82) is 0 Å². The SMILES string of the molecule is COc1ccc(CNC2CCCCCCC2)cc1OCc1cccnc1. The fraction of sp³-hybridized carbons (Fsp3) is 0.500. The predicted molar refractivity (Wildman–Crippen MR) is 105 cm³/mol. The van der Waals surface area contributed by atoms with E-state index < -0.39 is 0 Å². The van der Waals surface area contributed by atoms with Crippen LogP contribution in [0, 0.1) is 0 Å². The van der Waals surface area contributed by atoms with Gasteiger partial charge in [0.15, 0.2) is 11.5 Å². The summed E-state index contributed by atoms with van der Waals surface area (Å²) in [6, 6.07) is 10.8. The van der Waals surface area contributed by atoms with Crippen LogP contribution < -0.4 is 14.8 Å². The van der Waals surface area contributed by atoms with Crippen LogP contribution >= 0.6 is 0 Å². The van der Waals surface area contributed by atoms with E-state index in [2.05, 4.69) is 22.4 Å². The summed E-state index contributed by atoms with van der Waals surface area (Å²) in [5.74, 6) is 1.55. The van der Waals surface area contributed by atoms with E-state index in [0.29, 0.717) is 12.6 Å². The van der Waals surface area contributed by atoms with Gasteiger partial charge in [-0.25, -0.2) is 0 Å². The molecule has 1 aromatic heterocycles. The van der Waals surface area contributed by atoms with Crippen molar-refractivity contribution in [2.45, 2.75) is 64.1 Å². The van der Waals surface area contributed by atoms with Gasteiger partial charge < -0.3 is 14.8 Å². The van der Waals surface area contributed by atoms with Gasteiger partial charge in [0.2, 0.25) is 0 Å². The molecule has 1 aliphatic carbocycles. The van der Waals surface area contributed by atoms with Gasteiger partial charge in [-0.1, -0.05) is 44.2 Å². The molecule has 0 unspecified atom stereocenters. The van der Waals surface area contributed by atoms with E-state index in [0.717, 1.165) is 23.6 Å². The topological polar surface area (TPSA) is 43.4 Å². The fourth-order valence-electron chi connectivity index (χ4n) is 3.51. The molecule has 4 nitrogen and oxygen atoms in total. The molecule has 1 saturated carbocycles. The largest absolute Gasteiger partial charge is 0.493 e. The van der Waals surface area contributed by atoms with Crippen molar-refractivity contribution in [2.24, 2.45) is 0 Å². The molecule has 3 rings (SSSR count). The number of pyridine rings is 1. The highest BCUT2D eigenvalue weighted by Gasteiger charge is 2.12. The monoisotopic (exact) mass is 354 g/mol. The lowest BCUT2D eigenvalue weighted by atomic mass is 9.96. The van der Waals surface area contributed by atoms with Crippen LogP contribution in [0.1, 0.15) is 56.1 Å². The van der Waals surface area contributed by atoms with E-state index in [1.807, 2.05) is 24.4 Å². The Hall–Kier alpha value is -2.07. The third-order valence-electron chi connectivity index (χ3n) is 5.05. The van der Waals surface area contributed by atoms with Gasteiger partial charge in [0.25, 0.3) is 0 Å². The molecule has 0 radical (unpaired) electrons. The molecule has 0 spiro atoms. The molecule has 0 bridgehead atoms. The predicted octanol–water partition coefficient (Wildman–Crippen LogP) is 4.87. The van der Waals surface area contributed by atoms with Crippen LogP contribution in [-0.2, 0) is 13.2 Å². The summed E-state index contributed by atoms with van der Waals surface area (Å²) in [5.41, 5.74) is 2.28. The molecule has 140 valence electrons. The van der Waals surface area contributed by atoms with Crippen molar-refractivity contribution >= 4 is 0 Å². The number of hydrogen-bond acceptors (Lipinski definition) is 4. The summed E-state index contributed by atoms with van der Waals surface area (Å²) in [6.07, 6.45) is 13.0. The molecule has 26 heavy (non-hydrogen) atoms. The van der Waals surface area contributed by atoms with Crippen molar-refractivity contribution in [2.75, 3.05) is 7.11 Å². The quantitative estimate of drug-likeness (QED) is 0.770. The molecule has 0 saturated heterocycles. The van der Waals surface area contributed by atoms with Crippen LogP contribution in [0.25, 0.3) is 0 Å². The zero-order valence-electron chi connectivity index (χ0n) is 15.7. The first kappa shape index (κ1) is 18.7. The maximum Gasteiger partial charge on any atom is 0.161 e. The van der Waals surface area contributed by atoms with Crippen molar-refractivity contribution in [1.82, 2.24) is 10.3 Å². The maximum atomic E-state index is 5.99. The molecule has 1 aliphatic rings. The molecule has 1 N–H and O–H groups in total. The highest BCUT2D eigenvalue weighted by atomic mass is 16.5. The summed E-state index contributed by atoms with van der Waals surface area (Å²) < 4.78 is 11.4. The minimum atomic E-state index is 0.490. The van der Waals surface area contributed by atoms with Gasteiger partial charge in [-0.2, -0.15) is 0 Å². The van der Waals surface area contributed by atoms with E-state index in [1.165, 1.54) is 50.5 Å². The molecular weight excluding hydrogens is 324 g/mol. The zero-order valence-corrected chi connectivity index (χ0v) is 15.7. The highest BCUT2D eigenvalue weighted by molar-refractivity contribution is 5.43. The summed E-state index contributed by atoms with van der Waals surface area (Å²) in [6.45, 7) is 1.36. The minimum Gasteiger partial charge on any atom is -0.493 e. The lowest BCUT2D eigenvalue weighted by Crippen LogP contribution is -2.29. The number of aromatic nitrogens is 1. The summed E-state index contributed by atoms with van der Waals surface area (Å²) in [5, 5.41) is 3.74. The van der Waals surface area contributed by atoms with Crippen molar-refractivity contribution in [3.05, 3.63) is 53.9 Å². The maximum absolute atomic E-state index is 5.99. The number of benzene rings is 1. The Balaban J connectivity index is 1.59. The minimum absolute atomic E-state index is 0.490. The van der Waals surface area contributed by atoms with Crippen molar-refractivity contribution < 1.29 is 9.47 Å². The lowest BCUT2D eigenvalue weighted by molar-refractivity contribution is 0.283.